The van der Waals surface area contributed by atoms with Crippen LogP contribution >= 0.6 is 27.3 Å². The Kier molecular flexibility index (Phi) is 3.04. The van der Waals surface area contributed by atoms with E-state index in [1.54, 1.807) is 34.3 Å². The maximum Gasteiger partial charge on any atom is 0.274 e. The molecule has 0 radical (unpaired) electrons. The summed E-state index contributed by atoms with van der Waals surface area (Å²) in [4.78, 5) is 20.1. The summed E-state index contributed by atoms with van der Waals surface area (Å²) in [7, 11) is 0. The number of rotatable bonds is 1. The van der Waals surface area contributed by atoms with Gasteiger partial charge in [-0.25, -0.2) is 9.50 Å². The second-order valence-corrected chi connectivity index (χ2v) is 6.87. The van der Waals surface area contributed by atoms with Crippen LogP contribution in [0.15, 0.2) is 34.4 Å². The van der Waals surface area contributed by atoms with Crippen LogP contribution in [0.2, 0.25) is 0 Å². The molecule has 1 aliphatic rings. The first-order valence-electron chi connectivity index (χ1n) is 6.56. The Morgan fingerprint density at radius 1 is 1.43 bits per heavy atom. The fourth-order valence-corrected chi connectivity index (χ4v) is 3.73. The SMILES string of the molecule is O=C(c1cc2ncc(Br)cn2n1)N1CCc2sccc2C1. The van der Waals surface area contributed by atoms with Gasteiger partial charge in [0.1, 0.15) is 0 Å². The molecule has 1 amide bonds. The van der Waals surface area contributed by atoms with Crippen LogP contribution < -0.4 is 0 Å². The van der Waals surface area contributed by atoms with E-state index in [4.69, 9.17) is 0 Å². The molecule has 7 heteroatoms. The Morgan fingerprint density at radius 3 is 3.24 bits per heavy atom. The second-order valence-electron chi connectivity index (χ2n) is 4.95. The van der Waals surface area contributed by atoms with E-state index < -0.39 is 0 Å². The van der Waals surface area contributed by atoms with E-state index in [2.05, 4.69) is 37.5 Å². The molecule has 0 fully saturated rings. The number of fused-ring (bicyclic) bond motifs is 2. The minimum atomic E-state index is -0.0338. The highest BCUT2D eigenvalue weighted by Gasteiger charge is 2.24. The Labute approximate surface area is 133 Å². The Hall–Kier alpha value is -1.73. The molecular weight excluding hydrogens is 352 g/mol. The van der Waals surface area contributed by atoms with E-state index in [1.807, 2.05) is 4.90 Å². The van der Waals surface area contributed by atoms with Gasteiger partial charge in [-0.05, 0) is 39.4 Å². The minimum Gasteiger partial charge on any atom is -0.333 e. The monoisotopic (exact) mass is 362 g/mol. The molecule has 4 rings (SSSR count). The topological polar surface area (TPSA) is 50.5 Å². The van der Waals surface area contributed by atoms with Crippen LogP contribution in [0, 0.1) is 0 Å². The second kappa shape index (κ2) is 4.92. The molecule has 0 bridgehead atoms. The molecule has 3 aromatic rings. The first-order valence-corrected chi connectivity index (χ1v) is 8.23. The lowest BCUT2D eigenvalue weighted by Gasteiger charge is -2.26. The number of carbonyl (C=O) groups is 1. The summed E-state index contributed by atoms with van der Waals surface area (Å²) >= 11 is 5.12. The molecule has 0 unspecified atom stereocenters. The van der Waals surface area contributed by atoms with Gasteiger partial charge in [-0.15, -0.1) is 11.3 Å². The third-order valence-electron chi connectivity index (χ3n) is 3.60. The fourth-order valence-electron chi connectivity index (χ4n) is 2.54. The predicted molar refractivity (Wildman–Crippen MR) is 83.5 cm³/mol. The third kappa shape index (κ3) is 2.26. The molecule has 0 N–H and O–H groups in total. The molecule has 4 heterocycles. The van der Waals surface area contributed by atoms with Crippen molar-refractivity contribution in [1.29, 1.82) is 0 Å². The Morgan fingerprint density at radius 2 is 2.33 bits per heavy atom. The van der Waals surface area contributed by atoms with Crippen LogP contribution in [0.25, 0.3) is 5.65 Å². The Bertz CT molecular complexity index is 840. The van der Waals surface area contributed by atoms with E-state index in [-0.39, 0.29) is 5.91 Å². The molecule has 21 heavy (non-hydrogen) atoms. The normalized spacial score (nSPS) is 14.4. The summed E-state index contributed by atoms with van der Waals surface area (Å²) in [6, 6.07) is 3.83. The number of hydrogen-bond acceptors (Lipinski definition) is 4. The van der Waals surface area contributed by atoms with Crippen molar-refractivity contribution in [2.24, 2.45) is 0 Å². The standard InChI is InChI=1S/C14H11BrN4OS/c15-10-6-16-13-5-11(17-19(13)8-10)14(20)18-3-1-12-9(7-18)2-4-21-12/h2,4-6,8H,1,3,7H2. The molecule has 0 atom stereocenters. The van der Waals surface area contributed by atoms with Crippen LogP contribution in [0.1, 0.15) is 20.9 Å². The summed E-state index contributed by atoms with van der Waals surface area (Å²) < 4.78 is 2.45. The average Bonchev–Trinajstić information content (AvgIpc) is 3.11. The zero-order valence-corrected chi connectivity index (χ0v) is 13.4. The van der Waals surface area contributed by atoms with Crippen LogP contribution in [-0.4, -0.2) is 31.9 Å². The summed E-state index contributed by atoms with van der Waals surface area (Å²) in [5.41, 5.74) is 2.37. The lowest BCUT2D eigenvalue weighted by Crippen LogP contribution is -2.35. The first-order chi connectivity index (χ1) is 10.2. The molecule has 0 spiro atoms. The molecule has 106 valence electrons. The van der Waals surface area contributed by atoms with Crippen molar-refractivity contribution in [3.05, 3.63) is 50.5 Å². The summed E-state index contributed by atoms with van der Waals surface area (Å²) in [6.07, 6.45) is 4.42. The number of amides is 1. The summed E-state index contributed by atoms with van der Waals surface area (Å²) in [6.45, 7) is 1.42. The van der Waals surface area contributed by atoms with Crippen molar-refractivity contribution >= 4 is 38.8 Å². The molecule has 0 aliphatic carbocycles. The lowest BCUT2D eigenvalue weighted by molar-refractivity contribution is 0.0729. The molecule has 3 aromatic heterocycles. The van der Waals surface area contributed by atoms with Crippen molar-refractivity contribution in [2.45, 2.75) is 13.0 Å². The zero-order chi connectivity index (χ0) is 14.4. The highest BCUT2D eigenvalue weighted by Crippen LogP contribution is 2.25. The van der Waals surface area contributed by atoms with Crippen LogP contribution in [0.5, 0.6) is 0 Å². The van der Waals surface area contributed by atoms with Crippen molar-refractivity contribution in [2.75, 3.05) is 6.54 Å². The molecule has 0 saturated carbocycles. The first kappa shape index (κ1) is 13.0. The summed E-state index contributed by atoms with van der Waals surface area (Å²) in [5, 5.41) is 6.42. The van der Waals surface area contributed by atoms with E-state index in [0.717, 1.165) is 17.4 Å². The molecular formula is C14H11BrN4OS. The van der Waals surface area contributed by atoms with E-state index in [0.29, 0.717) is 17.9 Å². The van der Waals surface area contributed by atoms with E-state index >= 15 is 0 Å². The largest absolute Gasteiger partial charge is 0.333 e. The number of thiophene rings is 1. The van der Waals surface area contributed by atoms with Gasteiger partial charge >= 0.3 is 0 Å². The highest BCUT2D eigenvalue weighted by atomic mass is 79.9. The number of aromatic nitrogens is 3. The van der Waals surface area contributed by atoms with Crippen LogP contribution in [-0.2, 0) is 13.0 Å². The number of carbonyl (C=O) groups excluding carboxylic acids is 1. The van der Waals surface area contributed by atoms with Gasteiger partial charge in [0.15, 0.2) is 11.3 Å². The smallest absolute Gasteiger partial charge is 0.274 e. The van der Waals surface area contributed by atoms with Gasteiger partial charge in [-0.1, -0.05) is 0 Å². The molecule has 0 saturated heterocycles. The quantitative estimate of drug-likeness (QED) is 0.668. The van der Waals surface area contributed by atoms with Gasteiger partial charge in [0.05, 0.1) is 4.47 Å². The Balaban J connectivity index is 1.64. The maximum atomic E-state index is 12.6. The fraction of sp³-hybridized carbons (Fsp3) is 0.214. The van der Waals surface area contributed by atoms with Crippen LogP contribution in [0.4, 0.5) is 0 Å². The molecule has 0 aromatic carbocycles. The van der Waals surface area contributed by atoms with E-state index in [9.17, 15) is 4.79 Å². The summed E-state index contributed by atoms with van der Waals surface area (Å²) in [5.74, 6) is -0.0338. The molecule has 1 aliphatic heterocycles. The van der Waals surface area contributed by atoms with Gasteiger partial charge in [0.2, 0.25) is 0 Å². The number of halogens is 1. The van der Waals surface area contributed by atoms with E-state index in [1.165, 1.54) is 10.4 Å². The van der Waals surface area contributed by atoms with Crippen molar-refractivity contribution < 1.29 is 4.79 Å². The lowest BCUT2D eigenvalue weighted by atomic mass is 10.1. The van der Waals surface area contributed by atoms with Gasteiger partial charge in [0, 0.05) is 36.4 Å². The predicted octanol–water partition coefficient (Wildman–Crippen LogP) is 2.75. The van der Waals surface area contributed by atoms with Crippen molar-refractivity contribution in [3.63, 3.8) is 0 Å². The van der Waals surface area contributed by atoms with Crippen LogP contribution in [0.3, 0.4) is 0 Å². The number of hydrogen-bond donors (Lipinski definition) is 0. The minimum absolute atomic E-state index is 0.0338. The highest BCUT2D eigenvalue weighted by molar-refractivity contribution is 9.10. The van der Waals surface area contributed by atoms with Gasteiger partial charge < -0.3 is 4.90 Å². The number of nitrogens with zero attached hydrogens (tertiary/aromatic N) is 4. The van der Waals surface area contributed by atoms with Gasteiger partial charge in [-0.2, -0.15) is 5.10 Å². The average molecular weight is 363 g/mol. The maximum absolute atomic E-state index is 12.6. The van der Waals surface area contributed by atoms with Crippen molar-refractivity contribution in [1.82, 2.24) is 19.5 Å². The van der Waals surface area contributed by atoms with Gasteiger partial charge in [0.25, 0.3) is 5.91 Å². The molecule has 5 nitrogen and oxygen atoms in total. The zero-order valence-electron chi connectivity index (χ0n) is 11.0. The van der Waals surface area contributed by atoms with Gasteiger partial charge in [-0.3, -0.25) is 4.79 Å². The van der Waals surface area contributed by atoms with Crippen molar-refractivity contribution in [3.8, 4) is 0 Å². The third-order valence-corrected chi connectivity index (χ3v) is 5.03.